The summed E-state index contributed by atoms with van der Waals surface area (Å²) in [6.07, 6.45) is 4.45. The summed E-state index contributed by atoms with van der Waals surface area (Å²) in [4.78, 5) is 54.1. The fraction of sp³-hybridized carbons (Fsp3) is 1.00. The van der Waals surface area contributed by atoms with Crippen molar-refractivity contribution in [2.75, 3.05) is 0 Å². The third-order valence-electron chi connectivity index (χ3n) is 2.53. The van der Waals surface area contributed by atoms with Crippen molar-refractivity contribution in [3.63, 3.8) is 0 Å². The Hall–Kier alpha value is 0.194. The molecule has 0 saturated carbocycles. The number of hydrogen-bond donors (Lipinski definition) is 6. The van der Waals surface area contributed by atoms with Crippen LogP contribution >= 0.6 is 0 Å². The second-order valence-corrected chi connectivity index (χ2v) is 8.85. The third kappa shape index (κ3) is 6.71. The van der Waals surface area contributed by atoms with Crippen LogP contribution < -0.4 is 0 Å². The minimum Gasteiger partial charge on any atom is -0.390 e. The van der Waals surface area contributed by atoms with Crippen molar-refractivity contribution in [1.82, 2.24) is 0 Å². The highest BCUT2D eigenvalue weighted by molar-refractivity contribution is 6.78. The normalized spacial score (nSPS) is 13.5. The van der Waals surface area contributed by atoms with E-state index in [1.807, 2.05) is 0 Å². The van der Waals surface area contributed by atoms with Gasteiger partial charge in [-0.15, -0.1) is 0 Å². The van der Waals surface area contributed by atoms with Crippen LogP contribution in [0.15, 0.2) is 0 Å². The molecule has 0 saturated heterocycles. The van der Waals surface area contributed by atoms with Crippen LogP contribution in [-0.2, 0) is 0 Å². The molecule has 0 radical (unpaired) electrons. The zero-order chi connectivity index (χ0) is 12.8. The third-order valence-corrected chi connectivity index (χ3v) is 7.30. The molecule has 16 heavy (non-hydrogen) atoms. The Bertz CT molecular complexity index is 174. The summed E-state index contributed by atoms with van der Waals surface area (Å²) >= 11 is 0. The van der Waals surface area contributed by atoms with Gasteiger partial charge in [0.15, 0.2) is 0 Å². The first-order valence-electron chi connectivity index (χ1n) is 5.53. The van der Waals surface area contributed by atoms with Gasteiger partial charge in [-0.1, -0.05) is 39.0 Å². The Labute approximate surface area is 97.6 Å². The van der Waals surface area contributed by atoms with Crippen molar-refractivity contribution in [3.8, 4) is 0 Å². The van der Waals surface area contributed by atoms with E-state index in [9.17, 15) is 0 Å². The van der Waals surface area contributed by atoms with Gasteiger partial charge in [0.25, 0.3) is 0 Å². The van der Waals surface area contributed by atoms with E-state index in [0.29, 0.717) is 6.42 Å². The first kappa shape index (κ1) is 16.2. The Morgan fingerprint density at radius 2 is 1.19 bits per heavy atom. The Morgan fingerprint density at radius 3 is 1.56 bits per heavy atom. The summed E-state index contributed by atoms with van der Waals surface area (Å²) in [5.41, 5.74) is 0. The molecule has 6 nitrogen and oxygen atoms in total. The molecule has 0 heterocycles. The number of hydrogen-bond acceptors (Lipinski definition) is 6. The van der Waals surface area contributed by atoms with Gasteiger partial charge in [-0.25, -0.2) is 0 Å². The van der Waals surface area contributed by atoms with Crippen LogP contribution in [0, 0.1) is 0 Å². The van der Waals surface area contributed by atoms with E-state index in [4.69, 9.17) is 28.8 Å². The first-order chi connectivity index (χ1) is 7.19. The van der Waals surface area contributed by atoms with Crippen molar-refractivity contribution >= 4 is 17.6 Å². The van der Waals surface area contributed by atoms with Crippen molar-refractivity contribution in [3.05, 3.63) is 0 Å². The Kier molecular flexibility index (Phi) is 6.90. The maximum Gasteiger partial charge on any atom is 0.500 e. The van der Waals surface area contributed by atoms with Gasteiger partial charge in [-0.05, 0) is 6.42 Å². The number of rotatable bonds is 8. The molecule has 0 aromatic carbocycles. The van der Waals surface area contributed by atoms with Crippen LogP contribution in [0.2, 0.25) is 5.16 Å². The standard InChI is InChI=1S/C8H22O6Si2/c1-2-3-4-5-6-7-8(15(9,10)11)16(12,13)14/h8-14H,2-7H2,1H3. The Morgan fingerprint density at radius 1 is 0.750 bits per heavy atom. The second kappa shape index (κ2) is 6.81. The summed E-state index contributed by atoms with van der Waals surface area (Å²) in [7, 11) is -9.36. The predicted octanol–water partition coefficient (Wildman–Crippen LogP) is -0.912. The maximum absolute atomic E-state index is 9.02. The summed E-state index contributed by atoms with van der Waals surface area (Å²) in [5.74, 6) is 0. The van der Waals surface area contributed by atoms with Gasteiger partial charge in [-0.2, -0.15) is 0 Å². The van der Waals surface area contributed by atoms with Gasteiger partial charge in [0.05, 0.1) is 5.16 Å². The molecule has 0 rings (SSSR count). The van der Waals surface area contributed by atoms with Gasteiger partial charge in [0.2, 0.25) is 0 Å². The highest BCUT2D eigenvalue weighted by Gasteiger charge is 2.55. The maximum atomic E-state index is 9.02. The molecular formula is C8H22O6Si2. The van der Waals surface area contributed by atoms with Gasteiger partial charge in [0.1, 0.15) is 0 Å². The minimum atomic E-state index is -4.68. The predicted molar refractivity (Wildman–Crippen MR) is 61.9 cm³/mol. The van der Waals surface area contributed by atoms with Crippen LogP contribution in [0.5, 0.6) is 0 Å². The highest BCUT2D eigenvalue weighted by Crippen LogP contribution is 2.28. The van der Waals surface area contributed by atoms with Gasteiger partial charge >= 0.3 is 17.6 Å². The van der Waals surface area contributed by atoms with E-state index < -0.39 is 22.8 Å². The van der Waals surface area contributed by atoms with Crippen LogP contribution in [0.3, 0.4) is 0 Å². The molecule has 0 aromatic heterocycles. The lowest BCUT2D eigenvalue weighted by atomic mass is 10.1. The fourth-order valence-electron chi connectivity index (χ4n) is 1.60. The zero-order valence-electron chi connectivity index (χ0n) is 9.50. The molecule has 0 aromatic rings. The monoisotopic (exact) mass is 270 g/mol. The molecule has 8 heteroatoms. The van der Waals surface area contributed by atoms with E-state index >= 15 is 0 Å². The molecule has 0 fully saturated rings. The molecule has 98 valence electrons. The van der Waals surface area contributed by atoms with Crippen molar-refractivity contribution in [2.45, 2.75) is 50.6 Å². The zero-order valence-corrected chi connectivity index (χ0v) is 11.5. The van der Waals surface area contributed by atoms with Crippen LogP contribution in [-0.4, -0.2) is 46.4 Å². The summed E-state index contributed by atoms with van der Waals surface area (Å²) < 4.78 is 0. The number of unbranched alkanes of at least 4 members (excludes halogenated alkanes) is 4. The molecule has 0 aliphatic heterocycles. The topological polar surface area (TPSA) is 121 Å². The van der Waals surface area contributed by atoms with Gasteiger partial charge in [-0.3, -0.25) is 0 Å². The molecule has 0 aliphatic carbocycles. The summed E-state index contributed by atoms with van der Waals surface area (Å²) in [5, 5.41) is -1.55. The highest BCUT2D eigenvalue weighted by atomic mass is 28.5. The lowest BCUT2D eigenvalue weighted by molar-refractivity contribution is 0.171. The van der Waals surface area contributed by atoms with Crippen molar-refractivity contribution < 1.29 is 28.8 Å². The van der Waals surface area contributed by atoms with Crippen LogP contribution in [0.4, 0.5) is 0 Å². The molecule has 0 atom stereocenters. The average molecular weight is 270 g/mol. The molecule has 0 spiro atoms. The molecule has 6 N–H and O–H groups in total. The lowest BCUT2D eigenvalue weighted by Crippen LogP contribution is -2.56. The van der Waals surface area contributed by atoms with Gasteiger partial charge < -0.3 is 28.8 Å². The second-order valence-electron chi connectivity index (χ2n) is 4.13. The first-order valence-corrected chi connectivity index (χ1v) is 9.37. The van der Waals surface area contributed by atoms with E-state index in [1.54, 1.807) is 0 Å². The van der Waals surface area contributed by atoms with Crippen LogP contribution in [0.25, 0.3) is 0 Å². The van der Waals surface area contributed by atoms with Crippen molar-refractivity contribution in [1.29, 1.82) is 0 Å². The fourth-order valence-corrected chi connectivity index (χ4v) is 4.86. The Balaban J connectivity index is 4.06. The minimum absolute atomic E-state index is 0.0230. The van der Waals surface area contributed by atoms with Crippen LogP contribution in [0.1, 0.15) is 45.4 Å². The largest absolute Gasteiger partial charge is 0.500 e. The van der Waals surface area contributed by atoms with Crippen molar-refractivity contribution in [2.24, 2.45) is 0 Å². The summed E-state index contributed by atoms with van der Waals surface area (Å²) in [6, 6.07) is 0. The average Bonchev–Trinajstić information content (AvgIpc) is 2.06. The molecule has 0 aliphatic rings. The summed E-state index contributed by atoms with van der Waals surface area (Å²) in [6.45, 7) is 2.06. The lowest BCUT2D eigenvalue weighted by Gasteiger charge is -2.26. The van der Waals surface area contributed by atoms with E-state index in [2.05, 4.69) is 6.92 Å². The van der Waals surface area contributed by atoms with Gasteiger partial charge in [0, 0.05) is 0 Å². The van der Waals surface area contributed by atoms with E-state index in [0.717, 1.165) is 25.7 Å². The quantitative estimate of drug-likeness (QED) is 0.251. The molecule has 0 unspecified atom stereocenters. The molecular weight excluding hydrogens is 248 g/mol. The molecule has 0 bridgehead atoms. The SMILES string of the molecule is CCCCCCCC([Si](O)(O)O)[Si](O)(O)O. The van der Waals surface area contributed by atoms with E-state index in [1.165, 1.54) is 0 Å². The molecule has 0 amide bonds. The smallest absolute Gasteiger partial charge is 0.390 e. The van der Waals surface area contributed by atoms with E-state index in [-0.39, 0.29) is 6.42 Å².